The summed E-state index contributed by atoms with van der Waals surface area (Å²) in [5.74, 6) is -0.989. The number of alkyl halides is 3. The maximum atomic E-state index is 13.2. The number of carbonyl (C=O) groups excluding carboxylic acids is 2. The van der Waals surface area contributed by atoms with Crippen LogP contribution in [0.15, 0.2) is 47.9 Å². The minimum Gasteiger partial charge on any atom is -0.323 e. The Hall–Kier alpha value is -3.34. The predicted molar refractivity (Wildman–Crippen MR) is 119 cm³/mol. The predicted octanol–water partition coefficient (Wildman–Crippen LogP) is 4.37. The normalized spacial score (nSPS) is 14.6. The number of rotatable bonds is 4. The fraction of sp³-hybridized carbons (Fsp3) is 0.273. The van der Waals surface area contributed by atoms with Crippen LogP contribution in [0.5, 0.6) is 0 Å². The van der Waals surface area contributed by atoms with Crippen molar-refractivity contribution < 1.29 is 22.8 Å². The molecule has 0 radical (unpaired) electrons. The van der Waals surface area contributed by atoms with E-state index < -0.39 is 28.8 Å². The Morgan fingerprint density at radius 1 is 1.15 bits per heavy atom. The fourth-order valence-corrected chi connectivity index (χ4v) is 4.53. The second kappa shape index (κ2) is 8.54. The summed E-state index contributed by atoms with van der Waals surface area (Å²) in [5.41, 5.74) is 2.26. The first kappa shape index (κ1) is 22.8. The van der Waals surface area contributed by atoms with Gasteiger partial charge in [-0.25, -0.2) is 0 Å². The highest BCUT2D eigenvalue weighted by molar-refractivity contribution is 8.00. The Kier molecular flexibility index (Phi) is 5.91. The summed E-state index contributed by atoms with van der Waals surface area (Å²) in [7, 11) is 0. The van der Waals surface area contributed by atoms with Gasteiger partial charge in [0.15, 0.2) is 5.16 Å². The topological polar surface area (TPSA) is 80.1 Å². The van der Waals surface area contributed by atoms with Crippen molar-refractivity contribution in [3.63, 3.8) is 0 Å². The zero-order chi connectivity index (χ0) is 23.9. The second-order valence-corrected chi connectivity index (χ2v) is 9.04. The lowest BCUT2D eigenvalue weighted by Gasteiger charge is -2.31. The lowest BCUT2D eigenvalue weighted by Crippen LogP contribution is -2.45. The fourth-order valence-electron chi connectivity index (χ4n) is 3.64. The minimum absolute atomic E-state index is 0.0509. The van der Waals surface area contributed by atoms with Gasteiger partial charge in [0.25, 0.3) is 0 Å². The molecule has 11 heteroatoms. The number of carbonyl (C=O) groups is 2. The molecule has 1 N–H and O–H groups in total. The second-order valence-electron chi connectivity index (χ2n) is 7.74. The highest BCUT2D eigenvalue weighted by Gasteiger charge is 2.35. The van der Waals surface area contributed by atoms with Gasteiger partial charge in [-0.15, -0.1) is 10.2 Å². The molecule has 0 aliphatic carbocycles. The van der Waals surface area contributed by atoms with E-state index in [0.717, 1.165) is 40.7 Å². The average Bonchev–Trinajstić information content (AvgIpc) is 3.19. The molecule has 0 saturated heterocycles. The van der Waals surface area contributed by atoms with Crippen LogP contribution in [0.4, 0.5) is 24.5 Å². The van der Waals surface area contributed by atoms with E-state index in [0.29, 0.717) is 5.16 Å². The molecule has 2 amide bonds. The summed E-state index contributed by atoms with van der Waals surface area (Å²) in [6, 6.07) is 8.85. The quantitative estimate of drug-likeness (QED) is 0.567. The number of hydrogen-bond donors (Lipinski definition) is 1. The van der Waals surface area contributed by atoms with E-state index in [2.05, 4.69) is 15.5 Å². The molecule has 1 aliphatic heterocycles. The van der Waals surface area contributed by atoms with Crippen LogP contribution in [0.3, 0.4) is 0 Å². The highest BCUT2D eigenvalue weighted by Crippen LogP contribution is 2.38. The van der Waals surface area contributed by atoms with Crippen LogP contribution >= 0.6 is 11.8 Å². The van der Waals surface area contributed by atoms with Gasteiger partial charge in [-0.05, 0) is 50.6 Å². The molecule has 2 heterocycles. The third-order valence-corrected chi connectivity index (χ3v) is 6.26. The molecule has 3 aromatic rings. The van der Waals surface area contributed by atoms with Gasteiger partial charge in [0.2, 0.25) is 11.8 Å². The summed E-state index contributed by atoms with van der Waals surface area (Å²) in [6.07, 6.45) is -3.01. The molecule has 1 atom stereocenters. The van der Waals surface area contributed by atoms with Crippen molar-refractivity contribution in [2.45, 2.75) is 37.4 Å². The van der Waals surface area contributed by atoms with Crippen LogP contribution in [0.25, 0.3) is 5.69 Å². The molecule has 0 saturated carbocycles. The van der Waals surface area contributed by atoms with Crippen molar-refractivity contribution in [1.29, 1.82) is 0 Å². The number of anilines is 2. The number of halogens is 3. The van der Waals surface area contributed by atoms with Crippen molar-refractivity contribution in [1.82, 2.24) is 14.8 Å². The van der Waals surface area contributed by atoms with Crippen LogP contribution in [0.1, 0.15) is 23.6 Å². The zero-order valence-electron chi connectivity index (χ0n) is 18.0. The number of nitrogens with zero attached hydrogens (tertiary/aromatic N) is 4. The van der Waals surface area contributed by atoms with Gasteiger partial charge in [-0.1, -0.05) is 29.5 Å². The molecule has 0 bridgehead atoms. The Morgan fingerprint density at radius 2 is 1.88 bits per heavy atom. The van der Waals surface area contributed by atoms with Crippen molar-refractivity contribution in [2.24, 2.45) is 0 Å². The molecule has 2 aromatic carbocycles. The number of amides is 2. The number of aromatic nitrogens is 3. The molecule has 7 nitrogen and oxygen atoms in total. The minimum atomic E-state index is -4.56. The van der Waals surface area contributed by atoms with Crippen LogP contribution in [0, 0.1) is 13.8 Å². The van der Waals surface area contributed by atoms with Crippen molar-refractivity contribution in [3.05, 3.63) is 59.4 Å². The van der Waals surface area contributed by atoms with Gasteiger partial charge >= 0.3 is 6.18 Å². The van der Waals surface area contributed by atoms with E-state index >= 15 is 0 Å². The highest BCUT2D eigenvalue weighted by atomic mass is 32.2. The Morgan fingerprint density at radius 3 is 2.58 bits per heavy atom. The first-order valence-corrected chi connectivity index (χ1v) is 10.9. The third kappa shape index (κ3) is 4.58. The number of nitrogens with one attached hydrogen (secondary N) is 1. The number of aryl methyl sites for hydroxylation is 2. The zero-order valence-corrected chi connectivity index (χ0v) is 18.8. The molecule has 33 heavy (non-hydrogen) atoms. The standard InChI is InChI=1S/C22H20F3N5O2S/c1-12-4-6-17(13(2)8-12)30-11-26-28-21(30)33-14(3)20(32)29-10-19(31)27-16-9-15(22(23,24)25)5-7-18(16)29/h4-9,11,14H,10H2,1-3H3,(H,27,31). The van der Waals surface area contributed by atoms with Crippen molar-refractivity contribution in [2.75, 3.05) is 16.8 Å². The van der Waals surface area contributed by atoms with E-state index in [1.165, 1.54) is 11.0 Å². The van der Waals surface area contributed by atoms with Crippen LogP contribution in [-0.2, 0) is 15.8 Å². The summed E-state index contributed by atoms with van der Waals surface area (Å²) < 4.78 is 41.0. The lowest BCUT2D eigenvalue weighted by atomic mass is 10.1. The number of hydrogen-bond acceptors (Lipinski definition) is 5. The Balaban J connectivity index is 1.59. The van der Waals surface area contributed by atoms with Crippen LogP contribution in [-0.4, -0.2) is 38.4 Å². The molecular weight excluding hydrogens is 455 g/mol. The summed E-state index contributed by atoms with van der Waals surface area (Å²) in [5, 5.41) is 10.3. The van der Waals surface area contributed by atoms with E-state index in [1.54, 1.807) is 17.8 Å². The van der Waals surface area contributed by atoms with E-state index in [1.807, 2.05) is 32.0 Å². The van der Waals surface area contributed by atoms with Crippen LogP contribution < -0.4 is 10.2 Å². The molecule has 4 rings (SSSR count). The Labute approximate surface area is 192 Å². The lowest BCUT2D eigenvalue weighted by molar-refractivity contribution is -0.137. The first-order chi connectivity index (χ1) is 15.5. The Bertz CT molecular complexity index is 1240. The van der Waals surface area contributed by atoms with Crippen LogP contribution in [0.2, 0.25) is 0 Å². The number of fused-ring (bicyclic) bond motifs is 1. The number of benzene rings is 2. The number of thioether (sulfide) groups is 1. The largest absolute Gasteiger partial charge is 0.416 e. The van der Waals surface area contributed by atoms with E-state index in [-0.39, 0.29) is 17.9 Å². The van der Waals surface area contributed by atoms with E-state index in [4.69, 9.17) is 0 Å². The molecule has 1 aromatic heterocycles. The first-order valence-electron chi connectivity index (χ1n) is 10.0. The molecule has 172 valence electrons. The summed E-state index contributed by atoms with van der Waals surface area (Å²) in [4.78, 5) is 26.5. The molecule has 1 aliphatic rings. The average molecular weight is 475 g/mol. The van der Waals surface area contributed by atoms with Gasteiger partial charge in [-0.3, -0.25) is 19.1 Å². The van der Waals surface area contributed by atoms with Crippen molar-refractivity contribution in [3.8, 4) is 5.69 Å². The van der Waals surface area contributed by atoms with Gasteiger partial charge < -0.3 is 5.32 Å². The smallest absolute Gasteiger partial charge is 0.323 e. The molecule has 0 fully saturated rings. The molecule has 0 spiro atoms. The summed E-state index contributed by atoms with van der Waals surface area (Å²) in [6.45, 7) is 5.32. The van der Waals surface area contributed by atoms with Gasteiger partial charge in [0.1, 0.15) is 12.9 Å². The van der Waals surface area contributed by atoms with Crippen molar-refractivity contribution >= 4 is 35.0 Å². The molecule has 1 unspecified atom stereocenters. The third-order valence-electron chi connectivity index (χ3n) is 5.21. The van der Waals surface area contributed by atoms with E-state index in [9.17, 15) is 22.8 Å². The molecular formula is C22H20F3N5O2S. The monoisotopic (exact) mass is 475 g/mol. The maximum Gasteiger partial charge on any atom is 0.416 e. The van der Waals surface area contributed by atoms with Gasteiger partial charge in [0.05, 0.1) is 27.9 Å². The van der Waals surface area contributed by atoms with Gasteiger partial charge in [0, 0.05) is 0 Å². The summed E-state index contributed by atoms with van der Waals surface area (Å²) >= 11 is 1.16. The maximum absolute atomic E-state index is 13.2. The SMILES string of the molecule is Cc1ccc(-n2cnnc2SC(C)C(=O)N2CC(=O)Nc3cc(C(F)(F)F)ccc32)c(C)c1. The van der Waals surface area contributed by atoms with Gasteiger partial charge in [-0.2, -0.15) is 13.2 Å².